The molecule has 0 radical (unpaired) electrons. The first-order valence-electron chi connectivity index (χ1n) is 4.49. The van der Waals surface area contributed by atoms with E-state index in [2.05, 4.69) is 51.7 Å². The Morgan fingerprint density at radius 3 is 2.85 bits per heavy atom. The molecule has 0 spiro atoms. The second-order valence-electron chi connectivity index (χ2n) is 3.48. The van der Waals surface area contributed by atoms with Crippen LogP contribution in [0.25, 0.3) is 0 Å². The van der Waals surface area contributed by atoms with Gasteiger partial charge in [0, 0.05) is 23.2 Å². The van der Waals surface area contributed by atoms with Gasteiger partial charge in [-0.25, -0.2) is 0 Å². The minimum Gasteiger partial charge on any atom is -0.379 e. The molecule has 0 unspecified atom stereocenters. The normalized spacial score (nSPS) is 16.8. The molecule has 1 fully saturated rings. The number of anilines is 1. The van der Waals surface area contributed by atoms with Crippen LogP contribution in [-0.4, -0.2) is 19.1 Å². The predicted molar refractivity (Wildman–Crippen MR) is 59.2 cm³/mol. The van der Waals surface area contributed by atoms with Gasteiger partial charge in [-0.15, -0.1) is 0 Å². The van der Waals surface area contributed by atoms with Gasteiger partial charge < -0.3 is 10.6 Å². The fraction of sp³-hybridized carbons (Fsp3) is 0.400. The van der Waals surface area contributed by atoms with Crippen LogP contribution in [0.3, 0.4) is 0 Å². The van der Waals surface area contributed by atoms with E-state index in [1.165, 1.54) is 11.3 Å². The highest BCUT2D eigenvalue weighted by Crippen LogP contribution is 2.24. The van der Waals surface area contributed by atoms with E-state index in [1.54, 1.807) is 0 Å². The lowest BCUT2D eigenvalue weighted by Crippen LogP contribution is -2.51. The van der Waals surface area contributed by atoms with Gasteiger partial charge >= 0.3 is 0 Å². The standard InChI is InChI=1S/C10H13BrN2/c1-7-2-3-9(11)10(4-7)13-8-5-12-6-8/h2-4,8,12-13H,5-6H2,1H3. The van der Waals surface area contributed by atoms with Gasteiger partial charge in [0.2, 0.25) is 0 Å². The van der Waals surface area contributed by atoms with Crippen molar-refractivity contribution in [3.8, 4) is 0 Å². The van der Waals surface area contributed by atoms with Gasteiger partial charge in [0.05, 0.1) is 6.04 Å². The zero-order chi connectivity index (χ0) is 9.26. The summed E-state index contributed by atoms with van der Waals surface area (Å²) in [5, 5.41) is 6.72. The second kappa shape index (κ2) is 3.68. The van der Waals surface area contributed by atoms with Crippen molar-refractivity contribution in [1.82, 2.24) is 5.32 Å². The van der Waals surface area contributed by atoms with Gasteiger partial charge in [-0.3, -0.25) is 0 Å². The minimum atomic E-state index is 0.595. The largest absolute Gasteiger partial charge is 0.379 e. The fourth-order valence-electron chi connectivity index (χ4n) is 1.36. The van der Waals surface area contributed by atoms with E-state index in [0.29, 0.717) is 6.04 Å². The summed E-state index contributed by atoms with van der Waals surface area (Å²) in [5.74, 6) is 0. The third-order valence-electron chi connectivity index (χ3n) is 2.26. The maximum Gasteiger partial charge on any atom is 0.0510 e. The Kier molecular flexibility index (Phi) is 2.56. The van der Waals surface area contributed by atoms with E-state index in [9.17, 15) is 0 Å². The average Bonchev–Trinajstić information content (AvgIpc) is 2.03. The van der Waals surface area contributed by atoms with E-state index in [4.69, 9.17) is 0 Å². The zero-order valence-corrected chi connectivity index (χ0v) is 9.19. The number of hydrogen-bond acceptors (Lipinski definition) is 2. The number of nitrogens with one attached hydrogen (secondary N) is 2. The van der Waals surface area contributed by atoms with Crippen LogP contribution in [0, 0.1) is 6.92 Å². The van der Waals surface area contributed by atoms with Crippen molar-refractivity contribution >= 4 is 21.6 Å². The van der Waals surface area contributed by atoms with Crippen LogP contribution in [0.1, 0.15) is 5.56 Å². The van der Waals surface area contributed by atoms with Crippen LogP contribution in [0.15, 0.2) is 22.7 Å². The van der Waals surface area contributed by atoms with Gasteiger partial charge in [0.25, 0.3) is 0 Å². The number of halogens is 1. The molecule has 2 N–H and O–H groups in total. The van der Waals surface area contributed by atoms with Crippen LogP contribution in [0.5, 0.6) is 0 Å². The van der Waals surface area contributed by atoms with Crippen LogP contribution in [-0.2, 0) is 0 Å². The molecule has 0 atom stereocenters. The molecule has 1 aromatic carbocycles. The monoisotopic (exact) mass is 240 g/mol. The third-order valence-corrected chi connectivity index (χ3v) is 2.95. The molecular weight excluding hydrogens is 228 g/mol. The quantitative estimate of drug-likeness (QED) is 0.828. The van der Waals surface area contributed by atoms with Gasteiger partial charge in [-0.05, 0) is 40.5 Å². The van der Waals surface area contributed by atoms with Gasteiger partial charge in [0.1, 0.15) is 0 Å². The third kappa shape index (κ3) is 2.03. The van der Waals surface area contributed by atoms with Crippen molar-refractivity contribution in [3.63, 3.8) is 0 Å². The molecule has 70 valence electrons. The molecule has 2 nitrogen and oxygen atoms in total. The molecule has 0 aromatic heterocycles. The Morgan fingerprint density at radius 1 is 1.46 bits per heavy atom. The Bertz CT molecular complexity index is 308. The van der Waals surface area contributed by atoms with Crippen molar-refractivity contribution in [3.05, 3.63) is 28.2 Å². The summed E-state index contributed by atoms with van der Waals surface area (Å²) in [4.78, 5) is 0. The first kappa shape index (κ1) is 9.03. The highest BCUT2D eigenvalue weighted by molar-refractivity contribution is 9.10. The van der Waals surface area contributed by atoms with Crippen molar-refractivity contribution < 1.29 is 0 Å². The number of hydrogen-bond donors (Lipinski definition) is 2. The molecule has 1 heterocycles. The van der Waals surface area contributed by atoms with Gasteiger partial charge in [-0.2, -0.15) is 0 Å². The highest BCUT2D eigenvalue weighted by atomic mass is 79.9. The second-order valence-corrected chi connectivity index (χ2v) is 4.34. The molecule has 3 heteroatoms. The lowest BCUT2D eigenvalue weighted by molar-refractivity contribution is 0.472. The van der Waals surface area contributed by atoms with Crippen LogP contribution in [0.4, 0.5) is 5.69 Å². The summed E-state index contributed by atoms with van der Waals surface area (Å²) in [7, 11) is 0. The van der Waals surface area contributed by atoms with E-state index in [0.717, 1.165) is 17.6 Å². The average molecular weight is 241 g/mol. The molecule has 1 aliphatic heterocycles. The lowest BCUT2D eigenvalue weighted by Gasteiger charge is -2.29. The van der Waals surface area contributed by atoms with Crippen molar-refractivity contribution in [2.24, 2.45) is 0 Å². The molecule has 13 heavy (non-hydrogen) atoms. The van der Waals surface area contributed by atoms with E-state index < -0.39 is 0 Å². The summed E-state index contributed by atoms with van der Waals surface area (Å²) < 4.78 is 1.14. The number of aryl methyl sites for hydroxylation is 1. The minimum absolute atomic E-state index is 0.595. The van der Waals surface area contributed by atoms with Crippen molar-refractivity contribution in [1.29, 1.82) is 0 Å². The summed E-state index contributed by atoms with van der Waals surface area (Å²) in [6.45, 7) is 4.25. The summed E-state index contributed by atoms with van der Waals surface area (Å²) in [6.07, 6.45) is 0. The number of benzene rings is 1. The van der Waals surface area contributed by atoms with E-state index >= 15 is 0 Å². The maximum atomic E-state index is 3.53. The first-order valence-corrected chi connectivity index (χ1v) is 5.28. The molecule has 2 rings (SSSR count). The summed E-state index contributed by atoms with van der Waals surface area (Å²) in [5.41, 5.74) is 2.49. The molecular formula is C10H13BrN2. The zero-order valence-electron chi connectivity index (χ0n) is 7.60. The molecule has 0 aliphatic carbocycles. The van der Waals surface area contributed by atoms with E-state index in [1.807, 2.05) is 0 Å². The topological polar surface area (TPSA) is 24.1 Å². The van der Waals surface area contributed by atoms with E-state index in [-0.39, 0.29) is 0 Å². The first-order chi connectivity index (χ1) is 6.25. The Labute approximate surface area is 86.9 Å². The Hall–Kier alpha value is -0.540. The van der Waals surface area contributed by atoms with Crippen LogP contribution in [0.2, 0.25) is 0 Å². The smallest absolute Gasteiger partial charge is 0.0510 e. The number of rotatable bonds is 2. The molecule has 0 bridgehead atoms. The molecule has 0 amide bonds. The van der Waals surface area contributed by atoms with Gasteiger partial charge in [-0.1, -0.05) is 6.07 Å². The fourth-order valence-corrected chi connectivity index (χ4v) is 1.72. The van der Waals surface area contributed by atoms with Crippen LogP contribution >= 0.6 is 15.9 Å². The Morgan fingerprint density at radius 2 is 2.23 bits per heavy atom. The van der Waals surface area contributed by atoms with Gasteiger partial charge in [0.15, 0.2) is 0 Å². The van der Waals surface area contributed by atoms with Crippen LogP contribution < -0.4 is 10.6 Å². The molecule has 1 aromatic rings. The molecule has 1 aliphatic rings. The highest BCUT2D eigenvalue weighted by Gasteiger charge is 2.16. The lowest BCUT2D eigenvalue weighted by atomic mass is 10.1. The Balaban J connectivity index is 2.13. The SMILES string of the molecule is Cc1ccc(Br)c(NC2CNC2)c1. The molecule has 1 saturated heterocycles. The molecule has 0 saturated carbocycles. The maximum absolute atomic E-state index is 3.53. The van der Waals surface area contributed by atoms with Crippen molar-refractivity contribution in [2.45, 2.75) is 13.0 Å². The summed E-state index contributed by atoms with van der Waals surface area (Å²) in [6, 6.07) is 6.96. The predicted octanol–water partition coefficient (Wildman–Crippen LogP) is 2.14. The van der Waals surface area contributed by atoms with Crippen molar-refractivity contribution in [2.75, 3.05) is 18.4 Å². The summed E-state index contributed by atoms with van der Waals surface area (Å²) >= 11 is 3.53.